The van der Waals surface area contributed by atoms with Crippen LogP contribution in [0.1, 0.15) is 65.7 Å². The SMILES string of the molecule is CCC(/C=C1\Oc2ccc(Cl)cc2N1CCCCS(=O)(=O)O)=C\c1oc2ccc(Cl)cc2[n+]1CCCCS(=O)(=O)O.CCN(CC)CC. The molecule has 2 heterocycles. The number of nitrogens with zero attached hydrogens (tertiary/aromatic N) is 3. The number of anilines is 1. The second-order valence-corrected chi connectivity index (χ2v) is 15.2. The minimum absolute atomic E-state index is 0.272. The lowest BCUT2D eigenvalue weighted by molar-refractivity contribution is -0.678. The van der Waals surface area contributed by atoms with E-state index in [2.05, 4.69) is 25.7 Å². The van der Waals surface area contributed by atoms with Gasteiger partial charge < -0.3 is 19.0 Å². The monoisotopic (exact) mass is 746 g/mol. The lowest BCUT2D eigenvalue weighted by Gasteiger charge is -2.18. The number of ether oxygens (including phenoxy) is 1. The molecule has 3 aromatic rings. The van der Waals surface area contributed by atoms with Crippen molar-refractivity contribution in [3.8, 4) is 5.75 Å². The van der Waals surface area contributed by atoms with Crippen LogP contribution in [0.15, 0.2) is 58.3 Å². The van der Waals surface area contributed by atoms with E-state index in [0.717, 1.165) is 16.8 Å². The topological polar surface area (TPSA) is 141 Å². The zero-order valence-electron chi connectivity index (χ0n) is 27.9. The fraction of sp³-hybridized carbons (Fsp3) is 0.485. The van der Waals surface area contributed by atoms with Crippen molar-refractivity contribution in [3.05, 3.63) is 69.9 Å². The summed E-state index contributed by atoms with van der Waals surface area (Å²) in [6.07, 6.45) is 5.86. The fourth-order valence-electron chi connectivity index (χ4n) is 5.17. The van der Waals surface area contributed by atoms with Gasteiger partial charge in [0.2, 0.25) is 11.5 Å². The molecule has 266 valence electrons. The molecule has 11 nitrogen and oxygen atoms in total. The van der Waals surface area contributed by atoms with Crippen molar-refractivity contribution >= 4 is 66.3 Å². The van der Waals surface area contributed by atoms with E-state index in [1.807, 2.05) is 28.5 Å². The first-order valence-electron chi connectivity index (χ1n) is 16.1. The molecule has 0 atom stereocenters. The van der Waals surface area contributed by atoms with Crippen molar-refractivity contribution in [2.24, 2.45) is 0 Å². The Balaban J connectivity index is 0.000000804. The first kappa shape index (κ1) is 39.8. The molecule has 1 aromatic heterocycles. The molecule has 0 amide bonds. The molecule has 1 aliphatic heterocycles. The number of unbranched alkanes of at least 4 members (excludes halogenated alkanes) is 2. The van der Waals surface area contributed by atoms with Crippen molar-refractivity contribution in [1.82, 2.24) is 4.90 Å². The van der Waals surface area contributed by atoms with Gasteiger partial charge in [0.1, 0.15) is 0 Å². The van der Waals surface area contributed by atoms with Crippen molar-refractivity contribution in [3.63, 3.8) is 0 Å². The van der Waals surface area contributed by atoms with Crippen LogP contribution in [0.5, 0.6) is 5.75 Å². The minimum Gasteiger partial charge on any atom is -0.439 e. The Morgan fingerprint density at radius 1 is 0.875 bits per heavy atom. The second-order valence-electron chi connectivity index (χ2n) is 11.2. The number of fused-ring (bicyclic) bond motifs is 2. The number of oxazole rings is 1. The maximum absolute atomic E-state index is 11.2. The van der Waals surface area contributed by atoms with Crippen LogP contribution in [-0.2, 0) is 26.8 Å². The maximum atomic E-state index is 11.2. The third kappa shape index (κ3) is 12.3. The zero-order valence-corrected chi connectivity index (χ0v) is 31.0. The third-order valence-corrected chi connectivity index (χ3v) is 9.90. The van der Waals surface area contributed by atoms with Gasteiger partial charge >= 0.3 is 5.89 Å². The predicted molar refractivity (Wildman–Crippen MR) is 192 cm³/mol. The summed E-state index contributed by atoms with van der Waals surface area (Å²) in [4.78, 5) is 4.29. The summed E-state index contributed by atoms with van der Waals surface area (Å²) in [5, 5.41) is 1.05. The van der Waals surface area contributed by atoms with Crippen LogP contribution in [0.3, 0.4) is 0 Å². The number of hydrogen-bond donors (Lipinski definition) is 2. The number of allylic oxidation sites excluding steroid dienone is 2. The Bertz CT molecular complexity index is 1800. The number of rotatable bonds is 16. The average Bonchev–Trinajstić information content (AvgIpc) is 3.53. The molecule has 1 aliphatic rings. The first-order valence-corrected chi connectivity index (χ1v) is 20.1. The quantitative estimate of drug-likeness (QED) is 0.0875. The number of aryl methyl sites for hydroxylation is 1. The summed E-state index contributed by atoms with van der Waals surface area (Å²) in [5.41, 5.74) is 2.97. The molecule has 0 radical (unpaired) electrons. The molecule has 0 bridgehead atoms. The molecule has 0 spiro atoms. The maximum Gasteiger partial charge on any atom is 0.374 e. The molecular formula is C33H46Cl2N3O8S2+. The van der Waals surface area contributed by atoms with E-state index >= 15 is 0 Å². The molecule has 0 saturated heterocycles. The predicted octanol–water partition coefficient (Wildman–Crippen LogP) is 7.25. The van der Waals surface area contributed by atoms with Crippen LogP contribution in [0.2, 0.25) is 10.0 Å². The number of aromatic nitrogens is 1. The van der Waals surface area contributed by atoms with E-state index in [0.29, 0.717) is 65.5 Å². The van der Waals surface area contributed by atoms with Gasteiger partial charge in [-0.25, -0.2) is 0 Å². The summed E-state index contributed by atoms with van der Waals surface area (Å²) in [6, 6.07) is 10.5. The Morgan fingerprint density at radius 3 is 2.06 bits per heavy atom. The van der Waals surface area contributed by atoms with Gasteiger partial charge in [0.05, 0.1) is 23.3 Å². The van der Waals surface area contributed by atoms with Gasteiger partial charge in [-0.3, -0.25) is 9.11 Å². The largest absolute Gasteiger partial charge is 0.439 e. The number of halogens is 2. The van der Waals surface area contributed by atoms with Crippen LogP contribution in [-0.4, -0.2) is 68.5 Å². The van der Waals surface area contributed by atoms with Gasteiger partial charge in [0.15, 0.2) is 12.3 Å². The van der Waals surface area contributed by atoms with E-state index in [9.17, 15) is 16.8 Å². The summed E-state index contributed by atoms with van der Waals surface area (Å²) < 4.78 is 77.0. The molecular weight excluding hydrogens is 701 g/mol. The van der Waals surface area contributed by atoms with Crippen molar-refractivity contribution in [1.29, 1.82) is 0 Å². The average molecular weight is 748 g/mol. The highest BCUT2D eigenvalue weighted by Gasteiger charge is 2.27. The standard InChI is InChI=1S/C27H30Cl2N2O8S2.C6H15N/c1-2-19(15-26-30(11-3-5-13-40(32,33)34)22-17-20(28)7-9-24(22)38-26)16-27-31(12-4-6-14-41(35,36)37)23-18-21(29)8-10-25(23)39-27;1-4-7(5-2)6-3/h7-10,15-18H,2-6,11-14H2,1H3,(H-,32,33,34,35,36,37);4-6H2,1-3H3/p+1. The molecule has 0 unspecified atom stereocenters. The third-order valence-electron chi connectivity index (χ3n) is 7.82. The molecule has 0 saturated carbocycles. The molecule has 48 heavy (non-hydrogen) atoms. The lowest BCUT2D eigenvalue weighted by atomic mass is 10.1. The Morgan fingerprint density at radius 2 is 1.48 bits per heavy atom. The lowest BCUT2D eigenvalue weighted by Crippen LogP contribution is -2.35. The summed E-state index contributed by atoms with van der Waals surface area (Å²) in [7, 11) is -8.10. The molecule has 2 N–H and O–H groups in total. The van der Waals surface area contributed by atoms with E-state index in [1.165, 1.54) is 19.6 Å². The smallest absolute Gasteiger partial charge is 0.374 e. The minimum atomic E-state index is -4.05. The second kappa shape index (κ2) is 18.4. The Hall–Kier alpha value is -2.65. The van der Waals surface area contributed by atoms with Gasteiger partial charge in [0, 0.05) is 35.2 Å². The van der Waals surface area contributed by atoms with Crippen LogP contribution < -0.4 is 14.2 Å². The van der Waals surface area contributed by atoms with Gasteiger partial charge in [-0.1, -0.05) is 50.9 Å². The van der Waals surface area contributed by atoms with Gasteiger partial charge in [-0.05, 0) is 81.2 Å². The van der Waals surface area contributed by atoms with E-state index in [1.54, 1.807) is 36.4 Å². The number of hydrogen-bond acceptors (Lipinski definition) is 8. The fourth-order valence-corrected chi connectivity index (χ4v) is 6.64. The van der Waals surface area contributed by atoms with Crippen LogP contribution in [0.25, 0.3) is 17.2 Å². The number of benzene rings is 2. The van der Waals surface area contributed by atoms with Crippen LogP contribution >= 0.6 is 23.2 Å². The Labute approximate surface area is 294 Å². The molecule has 2 aromatic carbocycles. The van der Waals surface area contributed by atoms with E-state index in [4.69, 9.17) is 41.5 Å². The van der Waals surface area contributed by atoms with Crippen molar-refractivity contribution in [2.45, 2.75) is 66.3 Å². The molecule has 0 fully saturated rings. The summed E-state index contributed by atoms with van der Waals surface area (Å²) in [5.74, 6) is 1.01. The molecule has 0 aliphatic carbocycles. The molecule has 4 rings (SSSR count). The van der Waals surface area contributed by atoms with Crippen LogP contribution in [0, 0.1) is 0 Å². The van der Waals surface area contributed by atoms with Crippen molar-refractivity contribution < 1.29 is 39.7 Å². The van der Waals surface area contributed by atoms with Gasteiger partial charge in [-0.15, -0.1) is 0 Å². The normalized spacial score (nSPS) is 14.4. The first-order chi connectivity index (χ1) is 22.7. The molecule has 15 heteroatoms. The van der Waals surface area contributed by atoms with Crippen LogP contribution in [0.4, 0.5) is 5.69 Å². The zero-order chi connectivity index (χ0) is 35.5. The van der Waals surface area contributed by atoms with E-state index < -0.39 is 20.2 Å². The summed E-state index contributed by atoms with van der Waals surface area (Å²) >= 11 is 12.5. The summed E-state index contributed by atoms with van der Waals surface area (Å²) in [6.45, 7) is 13.0. The highest BCUT2D eigenvalue weighted by molar-refractivity contribution is 7.86. The van der Waals surface area contributed by atoms with Crippen molar-refractivity contribution in [2.75, 3.05) is 42.6 Å². The Kier molecular flexibility index (Phi) is 15.2. The van der Waals surface area contributed by atoms with Gasteiger partial charge in [0.25, 0.3) is 25.8 Å². The highest BCUT2D eigenvalue weighted by Crippen LogP contribution is 2.41. The highest BCUT2D eigenvalue weighted by atomic mass is 35.5. The van der Waals surface area contributed by atoms with Gasteiger partial charge in [-0.2, -0.15) is 21.4 Å². The van der Waals surface area contributed by atoms with E-state index in [-0.39, 0.29) is 24.3 Å².